The molecule has 0 aromatic heterocycles. The van der Waals surface area contributed by atoms with Gasteiger partial charge in [0, 0.05) is 5.02 Å². The number of hydrogen-bond acceptors (Lipinski definition) is 7. The fourth-order valence-electron chi connectivity index (χ4n) is 4.13. The number of halogens is 2. The third kappa shape index (κ3) is 7.52. The number of carbonyl (C=O) groups is 3. The van der Waals surface area contributed by atoms with E-state index in [0.29, 0.717) is 27.4 Å². The number of benzene rings is 3. The van der Waals surface area contributed by atoms with Crippen LogP contribution < -0.4 is 14.2 Å². The number of thioether (sulfide) groups is 1. The molecular weight excluding hydrogens is 630 g/mol. The Bertz CT molecular complexity index is 1520. The van der Waals surface area contributed by atoms with Crippen molar-refractivity contribution in [2.75, 3.05) is 19.8 Å². The molecule has 4 rings (SSSR count). The number of ether oxygens (including phenoxy) is 3. The number of nitrogens with zero attached hydrogens (tertiary/aromatic N) is 1. The van der Waals surface area contributed by atoms with E-state index in [9.17, 15) is 14.4 Å². The molecule has 41 heavy (non-hydrogen) atoms. The monoisotopic (exact) mass is 657 g/mol. The van der Waals surface area contributed by atoms with Gasteiger partial charge in [0.1, 0.15) is 12.4 Å². The highest BCUT2D eigenvalue weighted by molar-refractivity contribution is 9.10. The van der Waals surface area contributed by atoms with E-state index in [1.807, 2.05) is 25.1 Å². The SMILES string of the molecule is CCOc1cc(/C=C2\SC(=O)N(CCOc3cc(C)ccc3C(C)C)C2=O)cc(Br)c1OC(=O)c1cccc(Cl)c1. The minimum absolute atomic E-state index is 0.125. The predicted molar refractivity (Wildman–Crippen MR) is 165 cm³/mol. The summed E-state index contributed by atoms with van der Waals surface area (Å²) in [7, 11) is 0. The van der Waals surface area contributed by atoms with Crippen molar-refractivity contribution in [3.63, 3.8) is 0 Å². The number of aryl methyl sites for hydroxylation is 1. The van der Waals surface area contributed by atoms with Crippen LogP contribution in [0.3, 0.4) is 0 Å². The van der Waals surface area contributed by atoms with Crippen LogP contribution in [0.1, 0.15) is 53.7 Å². The quantitative estimate of drug-likeness (QED) is 0.123. The second kappa shape index (κ2) is 13.6. The number of imide groups is 1. The summed E-state index contributed by atoms with van der Waals surface area (Å²) in [6.07, 6.45) is 1.61. The Morgan fingerprint density at radius 3 is 2.56 bits per heavy atom. The summed E-state index contributed by atoms with van der Waals surface area (Å²) < 4.78 is 17.8. The number of hydrogen-bond donors (Lipinski definition) is 0. The van der Waals surface area contributed by atoms with Crippen molar-refractivity contribution in [3.8, 4) is 17.2 Å². The molecule has 0 atom stereocenters. The molecule has 2 amide bonds. The summed E-state index contributed by atoms with van der Waals surface area (Å²) in [5.74, 6) is 0.524. The van der Waals surface area contributed by atoms with Gasteiger partial charge in [-0.25, -0.2) is 4.79 Å². The zero-order valence-corrected chi connectivity index (χ0v) is 26.2. The van der Waals surface area contributed by atoms with Gasteiger partial charge in [0.2, 0.25) is 0 Å². The number of esters is 1. The molecule has 0 N–H and O–H groups in total. The van der Waals surface area contributed by atoms with Gasteiger partial charge in [0.05, 0.1) is 28.1 Å². The lowest BCUT2D eigenvalue weighted by atomic mass is 10.0. The Morgan fingerprint density at radius 1 is 1.07 bits per heavy atom. The third-order valence-corrected chi connectivity index (χ3v) is 7.85. The van der Waals surface area contributed by atoms with Crippen molar-refractivity contribution in [3.05, 3.63) is 91.3 Å². The maximum absolute atomic E-state index is 13.1. The van der Waals surface area contributed by atoms with Crippen LogP contribution in [0.2, 0.25) is 5.02 Å². The maximum Gasteiger partial charge on any atom is 0.343 e. The van der Waals surface area contributed by atoms with Gasteiger partial charge in [-0.05, 0) is 107 Å². The van der Waals surface area contributed by atoms with Gasteiger partial charge in [0.25, 0.3) is 11.1 Å². The van der Waals surface area contributed by atoms with Crippen molar-refractivity contribution in [2.45, 2.75) is 33.6 Å². The lowest BCUT2D eigenvalue weighted by molar-refractivity contribution is -0.123. The minimum Gasteiger partial charge on any atom is -0.491 e. The topological polar surface area (TPSA) is 82.1 Å². The van der Waals surface area contributed by atoms with Crippen LogP contribution >= 0.6 is 39.3 Å². The Kier molecular flexibility index (Phi) is 10.2. The van der Waals surface area contributed by atoms with E-state index < -0.39 is 11.9 Å². The first-order valence-electron chi connectivity index (χ1n) is 13.0. The number of rotatable bonds is 10. The van der Waals surface area contributed by atoms with E-state index in [2.05, 4.69) is 29.8 Å². The Labute approximate surface area is 256 Å². The Hall–Kier alpha value is -3.27. The summed E-state index contributed by atoms with van der Waals surface area (Å²) in [6.45, 7) is 8.59. The second-order valence-corrected chi connectivity index (χ2v) is 11.8. The summed E-state index contributed by atoms with van der Waals surface area (Å²) in [5, 5.41) is 0.0456. The highest BCUT2D eigenvalue weighted by Gasteiger charge is 2.35. The fraction of sp³-hybridized carbons (Fsp3) is 0.258. The van der Waals surface area contributed by atoms with E-state index >= 15 is 0 Å². The molecule has 1 saturated heterocycles. The van der Waals surface area contributed by atoms with Gasteiger partial charge in [-0.3, -0.25) is 14.5 Å². The molecule has 0 saturated carbocycles. The molecule has 7 nitrogen and oxygen atoms in total. The molecule has 0 radical (unpaired) electrons. The first-order valence-corrected chi connectivity index (χ1v) is 15.0. The Morgan fingerprint density at radius 2 is 1.85 bits per heavy atom. The normalized spacial score (nSPS) is 14.2. The number of amides is 2. The van der Waals surface area contributed by atoms with E-state index in [1.165, 1.54) is 11.0 Å². The molecule has 0 spiro atoms. The zero-order chi connectivity index (χ0) is 29.7. The van der Waals surface area contributed by atoms with Crippen LogP contribution in [0.25, 0.3) is 6.08 Å². The van der Waals surface area contributed by atoms with Gasteiger partial charge in [-0.1, -0.05) is 43.6 Å². The lowest BCUT2D eigenvalue weighted by Crippen LogP contribution is -2.32. The lowest BCUT2D eigenvalue weighted by Gasteiger charge is -2.17. The van der Waals surface area contributed by atoms with E-state index in [1.54, 1.807) is 43.3 Å². The summed E-state index contributed by atoms with van der Waals surface area (Å²) >= 11 is 10.3. The predicted octanol–water partition coefficient (Wildman–Crippen LogP) is 8.27. The average Bonchev–Trinajstić information content (AvgIpc) is 3.17. The standard InChI is InChI=1S/C31H29BrClNO6S/c1-5-38-26-15-20(14-24(32)28(26)40-30(36)21-7-6-8-22(33)17-21)16-27-29(35)34(31(37)41-27)11-12-39-25-13-19(4)9-10-23(25)18(2)3/h6-10,13-18H,5,11-12H2,1-4H3/b27-16-. The van der Waals surface area contributed by atoms with Crippen LogP contribution in [0.15, 0.2) is 64.0 Å². The van der Waals surface area contributed by atoms with Crippen LogP contribution in [0.5, 0.6) is 17.2 Å². The van der Waals surface area contributed by atoms with Crippen LogP contribution in [-0.4, -0.2) is 41.8 Å². The highest BCUT2D eigenvalue weighted by Crippen LogP contribution is 2.40. The highest BCUT2D eigenvalue weighted by atomic mass is 79.9. The van der Waals surface area contributed by atoms with Crippen LogP contribution in [-0.2, 0) is 4.79 Å². The molecular formula is C31H29BrClNO6S. The first kappa shape index (κ1) is 30.7. The largest absolute Gasteiger partial charge is 0.491 e. The molecule has 214 valence electrons. The van der Waals surface area contributed by atoms with Gasteiger partial charge in [-0.15, -0.1) is 0 Å². The smallest absolute Gasteiger partial charge is 0.343 e. The average molecular weight is 659 g/mol. The molecule has 0 unspecified atom stereocenters. The van der Waals surface area contributed by atoms with Crippen molar-refractivity contribution < 1.29 is 28.6 Å². The fourth-order valence-corrected chi connectivity index (χ4v) is 5.73. The van der Waals surface area contributed by atoms with Crippen molar-refractivity contribution in [2.24, 2.45) is 0 Å². The summed E-state index contributed by atoms with van der Waals surface area (Å²) in [5.41, 5.74) is 3.02. The summed E-state index contributed by atoms with van der Waals surface area (Å²) in [4.78, 5) is 40.0. The van der Waals surface area contributed by atoms with E-state index in [4.69, 9.17) is 25.8 Å². The van der Waals surface area contributed by atoms with Crippen molar-refractivity contribution in [1.29, 1.82) is 0 Å². The van der Waals surface area contributed by atoms with Gasteiger partial charge in [-0.2, -0.15) is 0 Å². The molecule has 10 heteroatoms. The summed E-state index contributed by atoms with van der Waals surface area (Å²) in [6, 6.07) is 15.8. The number of carbonyl (C=O) groups excluding carboxylic acids is 3. The molecule has 0 bridgehead atoms. The maximum atomic E-state index is 13.1. The van der Waals surface area contributed by atoms with E-state index in [0.717, 1.165) is 28.6 Å². The molecule has 1 fully saturated rings. The molecule has 1 heterocycles. The second-order valence-electron chi connectivity index (χ2n) is 9.54. The van der Waals surface area contributed by atoms with Gasteiger partial charge < -0.3 is 14.2 Å². The molecule has 3 aromatic carbocycles. The van der Waals surface area contributed by atoms with Crippen LogP contribution in [0.4, 0.5) is 4.79 Å². The molecule has 1 aliphatic heterocycles. The zero-order valence-electron chi connectivity index (χ0n) is 23.0. The van der Waals surface area contributed by atoms with Gasteiger partial charge >= 0.3 is 5.97 Å². The molecule has 3 aromatic rings. The van der Waals surface area contributed by atoms with Crippen molar-refractivity contribution >= 4 is 62.5 Å². The minimum atomic E-state index is -0.601. The van der Waals surface area contributed by atoms with Crippen molar-refractivity contribution in [1.82, 2.24) is 4.90 Å². The van der Waals surface area contributed by atoms with Gasteiger partial charge in [0.15, 0.2) is 11.5 Å². The first-order chi connectivity index (χ1) is 19.6. The van der Waals surface area contributed by atoms with Crippen LogP contribution in [0, 0.1) is 6.92 Å². The third-order valence-electron chi connectivity index (χ3n) is 6.12. The molecule has 0 aliphatic carbocycles. The van der Waals surface area contributed by atoms with E-state index in [-0.39, 0.29) is 40.5 Å². The molecule has 1 aliphatic rings. The Balaban J connectivity index is 1.49.